The van der Waals surface area contributed by atoms with E-state index in [0.717, 1.165) is 19.3 Å². The third-order valence-corrected chi connectivity index (χ3v) is 6.54. The van der Waals surface area contributed by atoms with E-state index in [2.05, 4.69) is 24.5 Å². The zero-order valence-corrected chi connectivity index (χ0v) is 21.9. The molecule has 2 fully saturated rings. The first kappa shape index (κ1) is 28.3. The summed E-state index contributed by atoms with van der Waals surface area (Å²) in [5.41, 5.74) is 0. The Morgan fingerprint density at radius 1 is 0.879 bits per heavy atom. The summed E-state index contributed by atoms with van der Waals surface area (Å²) in [4.78, 5) is 12.3. The number of carbonyl (C=O) groups is 1. The number of unbranched alkanes of at least 4 members (excludes halogenated alkanes) is 10. The van der Waals surface area contributed by atoms with Crippen LogP contribution in [0.3, 0.4) is 0 Å². The van der Waals surface area contributed by atoms with Gasteiger partial charge in [0, 0.05) is 13.2 Å². The van der Waals surface area contributed by atoms with Crippen LogP contribution < -0.4 is 10.6 Å². The molecule has 0 aliphatic carbocycles. The summed E-state index contributed by atoms with van der Waals surface area (Å²) >= 11 is 0. The average Bonchev–Trinajstić information content (AvgIpc) is 3.15. The van der Waals surface area contributed by atoms with E-state index in [1.807, 2.05) is 20.8 Å². The van der Waals surface area contributed by atoms with Crippen molar-refractivity contribution >= 4 is 6.03 Å². The number of hydrogen-bond donors (Lipinski definition) is 2. The normalized spacial score (nSPS) is 28.1. The van der Waals surface area contributed by atoms with Crippen LogP contribution in [0, 0.1) is 0 Å². The van der Waals surface area contributed by atoms with Crippen molar-refractivity contribution in [2.75, 3.05) is 19.8 Å². The number of rotatable bonds is 17. The van der Waals surface area contributed by atoms with Gasteiger partial charge in [-0.05, 0) is 33.6 Å². The molecule has 2 saturated heterocycles. The lowest BCUT2D eigenvalue weighted by Crippen LogP contribution is -2.53. The number of nitrogens with one attached hydrogen (secondary N) is 2. The second-order valence-corrected chi connectivity index (χ2v) is 10.2. The molecule has 4 atom stereocenters. The van der Waals surface area contributed by atoms with Crippen molar-refractivity contribution < 1.29 is 23.7 Å². The maximum absolute atomic E-state index is 12.3. The fourth-order valence-corrected chi connectivity index (χ4v) is 4.79. The summed E-state index contributed by atoms with van der Waals surface area (Å²) in [6, 6.07) is -0.492. The summed E-state index contributed by atoms with van der Waals surface area (Å²) in [6.07, 6.45) is 14.3. The van der Waals surface area contributed by atoms with Gasteiger partial charge in [-0.1, -0.05) is 78.1 Å². The maximum atomic E-state index is 12.3. The van der Waals surface area contributed by atoms with E-state index in [0.29, 0.717) is 19.8 Å². The predicted molar refractivity (Wildman–Crippen MR) is 131 cm³/mol. The van der Waals surface area contributed by atoms with Crippen LogP contribution in [0.4, 0.5) is 4.79 Å². The Morgan fingerprint density at radius 2 is 1.48 bits per heavy atom. The SMILES string of the molecule is CCCCCCCCCCCCOC[C@@]12O[C@@H](C)C(NC(=O)NCCCC)[C@H]1OC(C)(C)O2. The maximum Gasteiger partial charge on any atom is 0.315 e. The molecule has 2 aliphatic rings. The Bertz CT molecular complexity index is 559. The molecule has 7 heteroatoms. The molecule has 2 N–H and O–H groups in total. The minimum atomic E-state index is -0.983. The molecular weight excluding hydrogens is 420 g/mol. The molecule has 0 bridgehead atoms. The van der Waals surface area contributed by atoms with E-state index in [-0.39, 0.29) is 18.2 Å². The zero-order valence-electron chi connectivity index (χ0n) is 21.9. The lowest BCUT2D eigenvalue weighted by molar-refractivity contribution is -0.274. The van der Waals surface area contributed by atoms with Crippen LogP contribution in [0.15, 0.2) is 0 Å². The Morgan fingerprint density at radius 3 is 2.12 bits per heavy atom. The monoisotopic (exact) mass is 470 g/mol. The van der Waals surface area contributed by atoms with Crippen molar-refractivity contribution in [3.05, 3.63) is 0 Å². The van der Waals surface area contributed by atoms with Gasteiger partial charge >= 0.3 is 6.03 Å². The third-order valence-electron chi connectivity index (χ3n) is 6.54. The van der Waals surface area contributed by atoms with Gasteiger partial charge in [0.1, 0.15) is 12.7 Å². The van der Waals surface area contributed by atoms with Crippen molar-refractivity contribution in [2.45, 2.75) is 141 Å². The van der Waals surface area contributed by atoms with Gasteiger partial charge < -0.3 is 29.6 Å². The van der Waals surface area contributed by atoms with Gasteiger partial charge in [0.05, 0.1) is 12.1 Å². The van der Waals surface area contributed by atoms with Crippen molar-refractivity contribution in [2.24, 2.45) is 0 Å². The standard InChI is InChI=1S/C26H50N2O5/c1-6-8-10-11-12-13-14-15-16-17-19-30-20-26-23(32-25(4,5)33-26)22(21(3)31-26)28-24(29)27-18-9-7-2/h21-23H,6-20H2,1-5H3,(H2,27,28,29)/t21-,22?,23+,26-/m0/s1. The topological polar surface area (TPSA) is 78.1 Å². The van der Waals surface area contributed by atoms with Gasteiger partial charge in [-0.2, -0.15) is 0 Å². The zero-order chi connectivity index (χ0) is 24.2. The van der Waals surface area contributed by atoms with Crippen LogP contribution >= 0.6 is 0 Å². The quantitative estimate of drug-likeness (QED) is 0.268. The summed E-state index contributed by atoms with van der Waals surface area (Å²) in [5.74, 6) is -1.77. The van der Waals surface area contributed by atoms with Crippen LogP contribution in [0.25, 0.3) is 0 Å². The molecule has 0 spiro atoms. The number of ether oxygens (including phenoxy) is 4. The van der Waals surface area contributed by atoms with E-state index in [1.165, 1.54) is 57.8 Å². The highest BCUT2D eigenvalue weighted by molar-refractivity contribution is 5.74. The highest BCUT2D eigenvalue weighted by atomic mass is 16.9. The number of amides is 2. The molecule has 2 heterocycles. The van der Waals surface area contributed by atoms with E-state index in [9.17, 15) is 4.79 Å². The van der Waals surface area contributed by atoms with E-state index in [1.54, 1.807) is 0 Å². The van der Waals surface area contributed by atoms with E-state index in [4.69, 9.17) is 18.9 Å². The molecule has 33 heavy (non-hydrogen) atoms. The second kappa shape index (κ2) is 14.5. The molecular formula is C26H50N2O5. The molecule has 0 aromatic carbocycles. The smallest absolute Gasteiger partial charge is 0.315 e. The molecule has 1 unspecified atom stereocenters. The van der Waals surface area contributed by atoms with Crippen LogP contribution in [0.1, 0.15) is 112 Å². The summed E-state index contributed by atoms with van der Waals surface area (Å²) in [5, 5.41) is 5.94. The Kier molecular flexibility index (Phi) is 12.5. The highest BCUT2D eigenvalue weighted by Gasteiger charge is 2.64. The predicted octanol–water partition coefficient (Wildman–Crippen LogP) is 5.66. The molecule has 2 rings (SSSR count). The molecule has 7 nitrogen and oxygen atoms in total. The Hall–Kier alpha value is -0.890. The van der Waals surface area contributed by atoms with Crippen molar-refractivity contribution in [1.82, 2.24) is 10.6 Å². The largest absolute Gasteiger partial charge is 0.376 e. The van der Waals surface area contributed by atoms with Crippen LogP contribution in [-0.2, 0) is 18.9 Å². The first-order valence-corrected chi connectivity index (χ1v) is 13.5. The molecule has 2 aliphatic heterocycles. The lowest BCUT2D eigenvalue weighted by Gasteiger charge is -2.28. The summed E-state index contributed by atoms with van der Waals surface area (Å²) in [6.45, 7) is 11.7. The van der Waals surface area contributed by atoms with Gasteiger partial charge in [-0.3, -0.25) is 0 Å². The molecule has 0 radical (unpaired) electrons. The van der Waals surface area contributed by atoms with Gasteiger partial charge in [0.25, 0.3) is 0 Å². The fraction of sp³-hybridized carbons (Fsp3) is 0.962. The number of urea groups is 1. The fourth-order valence-electron chi connectivity index (χ4n) is 4.79. The summed E-state index contributed by atoms with van der Waals surface area (Å²) < 4.78 is 24.6. The molecule has 0 aromatic rings. The number of hydrogen-bond acceptors (Lipinski definition) is 5. The van der Waals surface area contributed by atoms with Crippen LogP contribution in [0.2, 0.25) is 0 Å². The first-order chi connectivity index (χ1) is 15.8. The second-order valence-electron chi connectivity index (χ2n) is 10.2. The minimum Gasteiger partial charge on any atom is -0.376 e. The van der Waals surface area contributed by atoms with Crippen LogP contribution in [0.5, 0.6) is 0 Å². The molecule has 0 aromatic heterocycles. The van der Waals surface area contributed by atoms with Gasteiger partial charge in [-0.15, -0.1) is 0 Å². The van der Waals surface area contributed by atoms with Gasteiger partial charge in [-0.25, -0.2) is 4.79 Å². The summed E-state index contributed by atoms with van der Waals surface area (Å²) in [7, 11) is 0. The van der Waals surface area contributed by atoms with Crippen molar-refractivity contribution in [1.29, 1.82) is 0 Å². The van der Waals surface area contributed by atoms with Gasteiger partial charge in [0.15, 0.2) is 5.79 Å². The Labute approximate surface area is 202 Å². The van der Waals surface area contributed by atoms with Gasteiger partial charge in [0.2, 0.25) is 5.79 Å². The van der Waals surface area contributed by atoms with E-state index < -0.39 is 17.7 Å². The average molecular weight is 471 g/mol. The third kappa shape index (κ3) is 9.35. The van der Waals surface area contributed by atoms with Crippen LogP contribution in [-0.4, -0.2) is 55.6 Å². The van der Waals surface area contributed by atoms with Crippen molar-refractivity contribution in [3.8, 4) is 0 Å². The Balaban J connectivity index is 1.70. The number of fused-ring (bicyclic) bond motifs is 1. The van der Waals surface area contributed by atoms with Crippen molar-refractivity contribution in [3.63, 3.8) is 0 Å². The molecule has 194 valence electrons. The first-order valence-electron chi connectivity index (χ1n) is 13.5. The molecule has 2 amide bonds. The minimum absolute atomic E-state index is 0.195. The number of carbonyl (C=O) groups excluding carboxylic acids is 1. The van der Waals surface area contributed by atoms with E-state index >= 15 is 0 Å². The molecule has 0 saturated carbocycles. The highest BCUT2D eigenvalue weighted by Crippen LogP contribution is 2.45. The lowest BCUT2D eigenvalue weighted by atomic mass is 10.0.